The zero-order valence-electron chi connectivity index (χ0n) is 6.41. The first kappa shape index (κ1) is 8.69. The van der Waals surface area contributed by atoms with Crippen LogP contribution < -0.4 is 0 Å². The minimum absolute atomic E-state index is 1.16. The third kappa shape index (κ3) is 3.49. The molecule has 0 aromatic carbocycles. The highest BCUT2D eigenvalue weighted by Crippen LogP contribution is 2.52. The van der Waals surface area contributed by atoms with E-state index in [1.165, 1.54) is 0 Å². The van der Waals surface area contributed by atoms with Crippen molar-refractivity contribution in [3.8, 4) is 0 Å². The molecule has 0 saturated heterocycles. The Kier molecular flexibility index (Phi) is 3.03. The summed E-state index contributed by atoms with van der Waals surface area (Å²) in [5.74, 6) is 0. The van der Waals surface area contributed by atoms with Crippen LogP contribution in [0, 0.1) is 0 Å². The summed E-state index contributed by atoms with van der Waals surface area (Å²) in [4.78, 5) is 0. The van der Waals surface area contributed by atoms with Crippen molar-refractivity contribution < 1.29 is 0 Å². The molecule has 0 aromatic heterocycles. The lowest BCUT2D eigenvalue weighted by atomic mass is 10.4. The van der Waals surface area contributed by atoms with Crippen LogP contribution in [0.25, 0.3) is 0 Å². The van der Waals surface area contributed by atoms with Crippen LogP contribution in [0.4, 0.5) is 0 Å². The lowest BCUT2D eigenvalue weighted by Crippen LogP contribution is -1.74. The Hall–Kier alpha value is -0.400. The minimum Gasteiger partial charge on any atom is -0.125 e. The van der Waals surface area contributed by atoms with E-state index in [1.807, 2.05) is 53.5 Å². The van der Waals surface area contributed by atoms with Crippen LogP contribution in [0.15, 0.2) is 47.3 Å². The van der Waals surface area contributed by atoms with E-state index >= 15 is 0 Å². The second-order valence-electron chi connectivity index (χ2n) is 2.37. The Balaban J connectivity index is 2.86. The summed E-state index contributed by atoms with van der Waals surface area (Å²) in [7, 11) is 5.01. The van der Waals surface area contributed by atoms with Gasteiger partial charge >= 0.3 is 0 Å². The zero-order chi connectivity index (χ0) is 8.16. The predicted octanol–water partition coefficient (Wildman–Crippen LogP) is 3.73. The molecule has 0 bridgehead atoms. The first-order valence-electron chi connectivity index (χ1n) is 3.37. The van der Waals surface area contributed by atoms with Crippen LogP contribution in [-0.2, 0) is 0 Å². The van der Waals surface area contributed by atoms with Gasteiger partial charge in [-0.3, -0.25) is 0 Å². The van der Waals surface area contributed by atoms with Crippen molar-refractivity contribution in [3.05, 3.63) is 47.3 Å². The van der Waals surface area contributed by atoms with Gasteiger partial charge < -0.3 is 0 Å². The van der Waals surface area contributed by atoms with Crippen molar-refractivity contribution in [2.24, 2.45) is 0 Å². The van der Waals surface area contributed by atoms with E-state index in [9.17, 15) is 0 Å². The summed E-state index contributed by atoms with van der Waals surface area (Å²) < 4.78 is 0. The summed E-state index contributed by atoms with van der Waals surface area (Å²) >= 11 is 0. The van der Waals surface area contributed by atoms with Gasteiger partial charge in [0.05, 0.1) is 0 Å². The SMILES string of the molecule is CS1(Cl)\C=C/C=C\C=C/C=C\1. The van der Waals surface area contributed by atoms with E-state index in [4.69, 9.17) is 10.7 Å². The van der Waals surface area contributed by atoms with Gasteiger partial charge in [-0.1, -0.05) is 47.1 Å². The lowest BCUT2D eigenvalue weighted by Gasteiger charge is -2.16. The van der Waals surface area contributed by atoms with E-state index in [-0.39, 0.29) is 0 Å². The van der Waals surface area contributed by atoms with Gasteiger partial charge in [-0.15, -0.1) is 9.24 Å². The molecule has 0 aromatic rings. The highest BCUT2D eigenvalue weighted by molar-refractivity contribution is 8.54. The average molecular weight is 187 g/mol. The highest BCUT2D eigenvalue weighted by Gasteiger charge is 2.02. The fourth-order valence-electron chi connectivity index (χ4n) is 0.700. The van der Waals surface area contributed by atoms with E-state index in [0.29, 0.717) is 0 Å². The molecule has 1 rings (SSSR count). The number of hydrogen-bond acceptors (Lipinski definition) is 0. The van der Waals surface area contributed by atoms with Gasteiger partial charge in [-0.25, -0.2) is 0 Å². The zero-order valence-corrected chi connectivity index (χ0v) is 7.98. The van der Waals surface area contributed by atoms with Crippen LogP contribution in [0.2, 0.25) is 0 Å². The summed E-state index contributed by atoms with van der Waals surface area (Å²) in [5, 5.41) is 4.07. The fourth-order valence-corrected chi connectivity index (χ4v) is 1.94. The Morgan fingerprint density at radius 3 is 1.64 bits per heavy atom. The average Bonchev–Trinajstić information content (AvgIpc) is 2.00. The third-order valence-corrected chi connectivity index (χ3v) is 3.24. The molecular weight excluding hydrogens is 176 g/mol. The van der Waals surface area contributed by atoms with Crippen molar-refractivity contribution in [1.29, 1.82) is 0 Å². The van der Waals surface area contributed by atoms with Crippen molar-refractivity contribution in [2.75, 3.05) is 6.26 Å². The lowest BCUT2D eigenvalue weighted by molar-refractivity contribution is 1.91. The van der Waals surface area contributed by atoms with Gasteiger partial charge in [-0.05, 0) is 17.1 Å². The van der Waals surface area contributed by atoms with Gasteiger partial charge in [0.15, 0.2) is 0 Å². The van der Waals surface area contributed by atoms with Crippen LogP contribution in [0.5, 0.6) is 0 Å². The molecule has 0 aliphatic carbocycles. The summed E-state index contributed by atoms with van der Waals surface area (Å²) in [6.07, 6.45) is 13.9. The molecule has 0 amide bonds. The second-order valence-corrected chi connectivity index (χ2v) is 6.79. The van der Waals surface area contributed by atoms with E-state index < -0.39 is 9.24 Å². The fraction of sp³-hybridized carbons (Fsp3) is 0.111. The van der Waals surface area contributed by atoms with Gasteiger partial charge in [-0.2, -0.15) is 0 Å². The Morgan fingerprint density at radius 2 is 1.18 bits per heavy atom. The molecule has 0 nitrogen and oxygen atoms in total. The predicted molar refractivity (Wildman–Crippen MR) is 55.9 cm³/mol. The van der Waals surface area contributed by atoms with Crippen molar-refractivity contribution in [3.63, 3.8) is 0 Å². The molecule has 2 heteroatoms. The highest BCUT2D eigenvalue weighted by atomic mass is 35.7. The van der Waals surface area contributed by atoms with E-state index in [0.717, 1.165) is 0 Å². The van der Waals surface area contributed by atoms with Crippen molar-refractivity contribution >= 4 is 19.9 Å². The second kappa shape index (κ2) is 3.84. The van der Waals surface area contributed by atoms with E-state index in [2.05, 4.69) is 0 Å². The molecule has 60 valence electrons. The Morgan fingerprint density at radius 1 is 0.818 bits per heavy atom. The quantitative estimate of drug-likeness (QED) is 0.541. The maximum absolute atomic E-state index is 6.16. The Bertz CT molecular complexity index is 210. The van der Waals surface area contributed by atoms with Crippen molar-refractivity contribution in [2.45, 2.75) is 0 Å². The molecule has 0 N–H and O–H groups in total. The first-order chi connectivity index (χ1) is 5.21. The molecule has 0 saturated carbocycles. The molecule has 0 fully saturated rings. The topological polar surface area (TPSA) is 0 Å². The maximum Gasteiger partial charge on any atom is -0.0145 e. The van der Waals surface area contributed by atoms with Crippen molar-refractivity contribution in [1.82, 2.24) is 0 Å². The normalized spacial score (nSPS) is 35.5. The summed E-state index contributed by atoms with van der Waals surface area (Å²) in [6, 6.07) is 0. The molecule has 0 unspecified atom stereocenters. The smallest absolute Gasteiger partial charge is 0.0145 e. The van der Waals surface area contributed by atoms with Gasteiger partial charge in [0.1, 0.15) is 0 Å². The number of allylic oxidation sites excluding steroid dienone is 6. The molecule has 11 heavy (non-hydrogen) atoms. The van der Waals surface area contributed by atoms with E-state index in [1.54, 1.807) is 0 Å². The van der Waals surface area contributed by atoms with Gasteiger partial charge in [0.2, 0.25) is 0 Å². The third-order valence-electron chi connectivity index (χ3n) is 1.24. The van der Waals surface area contributed by atoms with Crippen LogP contribution in [-0.4, -0.2) is 6.26 Å². The standard InChI is InChI=1S/C9H11ClS/c1-11(10)8-6-4-2-3-5-7-9-11/h2-9H,1H3/b4-2-,5-3-,8-6-,9-7-. The minimum atomic E-state index is -1.16. The number of hydrogen-bond donors (Lipinski definition) is 0. The maximum atomic E-state index is 6.16. The monoisotopic (exact) mass is 186 g/mol. The molecule has 0 radical (unpaired) electrons. The molecule has 1 aliphatic heterocycles. The Labute approximate surface area is 73.8 Å². The molecule has 0 atom stereocenters. The summed E-state index contributed by atoms with van der Waals surface area (Å²) in [6.45, 7) is 0. The molecule has 1 aliphatic rings. The van der Waals surface area contributed by atoms with Crippen LogP contribution in [0.1, 0.15) is 0 Å². The number of rotatable bonds is 0. The summed E-state index contributed by atoms with van der Waals surface area (Å²) in [5.41, 5.74) is 0. The first-order valence-corrected chi connectivity index (χ1v) is 6.36. The molecule has 1 heterocycles. The largest absolute Gasteiger partial charge is 0.125 e. The van der Waals surface area contributed by atoms with Gasteiger partial charge in [0, 0.05) is 0 Å². The molecular formula is C9H11ClS. The number of halogens is 1. The van der Waals surface area contributed by atoms with Gasteiger partial charge in [0.25, 0.3) is 0 Å². The van der Waals surface area contributed by atoms with Crippen LogP contribution >= 0.6 is 19.9 Å². The van der Waals surface area contributed by atoms with Crippen LogP contribution in [0.3, 0.4) is 0 Å². The molecule has 0 spiro atoms.